The van der Waals surface area contributed by atoms with Crippen molar-refractivity contribution in [2.45, 2.75) is 19.9 Å². The summed E-state index contributed by atoms with van der Waals surface area (Å²) in [5, 5.41) is 2.38. The molecule has 0 saturated heterocycles. The minimum Gasteiger partial charge on any atom is -0.451 e. The number of hydrogen-bond acceptors (Lipinski definition) is 5. The van der Waals surface area contributed by atoms with Gasteiger partial charge in [-0.1, -0.05) is 48.5 Å². The molecule has 0 N–H and O–H groups in total. The first-order valence-corrected chi connectivity index (χ1v) is 9.49. The van der Waals surface area contributed by atoms with Gasteiger partial charge in [0.05, 0.1) is 0 Å². The SMILES string of the molecule is CC(C)N(C(=O)COC(=O)c1csc(-c2ccccc2)n1)c1ccccc1. The predicted molar refractivity (Wildman–Crippen MR) is 107 cm³/mol. The highest BCUT2D eigenvalue weighted by Gasteiger charge is 2.21. The van der Waals surface area contributed by atoms with E-state index in [0.717, 1.165) is 16.3 Å². The molecule has 5 nitrogen and oxygen atoms in total. The number of esters is 1. The number of hydrogen-bond donors (Lipinski definition) is 0. The molecular formula is C21H20N2O3S. The molecule has 0 spiro atoms. The Bertz CT molecular complexity index is 907. The van der Waals surface area contributed by atoms with Gasteiger partial charge in [0, 0.05) is 22.7 Å². The molecule has 27 heavy (non-hydrogen) atoms. The molecule has 0 fully saturated rings. The normalized spacial score (nSPS) is 10.6. The van der Waals surface area contributed by atoms with Crippen molar-refractivity contribution in [3.05, 3.63) is 71.7 Å². The fourth-order valence-electron chi connectivity index (χ4n) is 2.67. The second-order valence-corrected chi connectivity index (χ2v) is 7.03. The molecule has 1 aromatic heterocycles. The van der Waals surface area contributed by atoms with Gasteiger partial charge < -0.3 is 9.64 Å². The number of rotatable bonds is 6. The van der Waals surface area contributed by atoms with Gasteiger partial charge in [-0.15, -0.1) is 11.3 Å². The van der Waals surface area contributed by atoms with Gasteiger partial charge in [-0.05, 0) is 26.0 Å². The van der Waals surface area contributed by atoms with Crippen LogP contribution in [0.2, 0.25) is 0 Å². The number of ether oxygens (including phenoxy) is 1. The van der Waals surface area contributed by atoms with Crippen LogP contribution in [-0.2, 0) is 9.53 Å². The summed E-state index contributed by atoms with van der Waals surface area (Å²) in [7, 11) is 0. The third-order valence-electron chi connectivity index (χ3n) is 3.88. The van der Waals surface area contributed by atoms with Gasteiger partial charge >= 0.3 is 5.97 Å². The number of para-hydroxylation sites is 1. The number of benzene rings is 2. The second kappa shape index (κ2) is 8.60. The number of anilines is 1. The first-order valence-electron chi connectivity index (χ1n) is 8.61. The maximum absolute atomic E-state index is 12.6. The summed E-state index contributed by atoms with van der Waals surface area (Å²) in [5.74, 6) is -0.874. The first-order chi connectivity index (χ1) is 13.1. The van der Waals surface area contributed by atoms with Gasteiger partial charge in [-0.2, -0.15) is 0 Å². The predicted octanol–water partition coefficient (Wildman–Crippen LogP) is 4.41. The van der Waals surface area contributed by atoms with E-state index in [-0.39, 0.29) is 24.2 Å². The Morgan fingerprint density at radius 3 is 2.30 bits per heavy atom. The van der Waals surface area contributed by atoms with Gasteiger partial charge in [-0.3, -0.25) is 4.79 Å². The van der Waals surface area contributed by atoms with E-state index < -0.39 is 5.97 Å². The number of carbonyl (C=O) groups excluding carboxylic acids is 2. The van der Waals surface area contributed by atoms with Crippen molar-refractivity contribution in [2.24, 2.45) is 0 Å². The Balaban J connectivity index is 1.65. The summed E-state index contributed by atoms with van der Waals surface area (Å²) < 4.78 is 5.21. The van der Waals surface area contributed by atoms with Crippen LogP contribution in [0.5, 0.6) is 0 Å². The lowest BCUT2D eigenvalue weighted by molar-refractivity contribution is -0.122. The maximum Gasteiger partial charge on any atom is 0.358 e. The molecule has 1 amide bonds. The Labute approximate surface area is 162 Å². The van der Waals surface area contributed by atoms with Crippen LogP contribution < -0.4 is 4.90 Å². The molecule has 138 valence electrons. The second-order valence-electron chi connectivity index (χ2n) is 6.17. The lowest BCUT2D eigenvalue weighted by Gasteiger charge is -2.26. The van der Waals surface area contributed by atoms with E-state index in [2.05, 4.69) is 4.98 Å². The topological polar surface area (TPSA) is 59.5 Å². The molecule has 0 radical (unpaired) electrons. The van der Waals surface area contributed by atoms with Crippen LogP contribution in [0.4, 0.5) is 5.69 Å². The Hall–Kier alpha value is -2.99. The van der Waals surface area contributed by atoms with Crippen molar-refractivity contribution >= 4 is 28.9 Å². The number of nitrogens with zero attached hydrogens (tertiary/aromatic N) is 2. The van der Waals surface area contributed by atoms with Crippen molar-refractivity contribution < 1.29 is 14.3 Å². The highest BCUT2D eigenvalue weighted by Crippen LogP contribution is 2.23. The van der Waals surface area contributed by atoms with E-state index in [9.17, 15) is 9.59 Å². The van der Waals surface area contributed by atoms with E-state index >= 15 is 0 Å². The average Bonchev–Trinajstić information content (AvgIpc) is 3.18. The third-order valence-corrected chi connectivity index (χ3v) is 4.77. The van der Waals surface area contributed by atoms with Crippen LogP contribution in [0.25, 0.3) is 10.6 Å². The number of thiazole rings is 1. The molecule has 0 unspecified atom stereocenters. The molecule has 0 aliphatic carbocycles. The highest BCUT2D eigenvalue weighted by molar-refractivity contribution is 7.13. The lowest BCUT2D eigenvalue weighted by atomic mass is 10.2. The zero-order chi connectivity index (χ0) is 19.2. The van der Waals surface area contributed by atoms with Crippen molar-refractivity contribution in [1.82, 2.24) is 4.98 Å². The maximum atomic E-state index is 12.6. The highest BCUT2D eigenvalue weighted by atomic mass is 32.1. The van der Waals surface area contributed by atoms with Crippen LogP contribution >= 0.6 is 11.3 Å². The quantitative estimate of drug-likeness (QED) is 0.595. The molecule has 2 aromatic carbocycles. The minimum atomic E-state index is -0.599. The van der Waals surface area contributed by atoms with E-state index in [4.69, 9.17) is 4.74 Å². The van der Waals surface area contributed by atoms with Crippen LogP contribution in [0.1, 0.15) is 24.3 Å². The fraction of sp³-hybridized carbons (Fsp3) is 0.190. The van der Waals surface area contributed by atoms with Crippen LogP contribution in [-0.4, -0.2) is 29.5 Å². The Morgan fingerprint density at radius 2 is 1.67 bits per heavy atom. The van der Waals surface area contributed by atoms with E-state index in [1.807, 2.05) is 74.5 Å². The smallest absolute Gasteiger partial charge is 0.358 e. The summed E-state index contributed by atoms with van der Waals surface area (Å²) in [5.41, 5.74) is 1.92. The molecule has 0 atom stereocenters. The monoisotopic (exact) mass is 380 g/mol. The van der Waals surface area contributed by atoms with Crippen LogP contribution in [0.3, 0.4) is 0 Å². The Kier molecular flexibility index (Phi) is 5.98. The van der Waals surface area contributed by atoms with Gasteiger partial charge in [0.2, 0.25) is 0 Å². The molecule has 0 bridgehead atoms. The fourth-order valence-corrected chi connectivity index (χ4v) is 3.47. The molecule has 3 rings (SSSR count). The van der Waals surface area contributed by atoms with Gasteiger partial charge in [0.1, 0.15) is 5.01 Å². The van der Waals surface area contributed by atoms with Crippen molar-refractivity contribution in [2.75, 3.05) is 11.5 Å². The van der Waals surface area contributed by atoms with Crippen molar-refractivity contribution in [3.8, 4) is 10.6 Å². The van der Waals surface area contributed by atoms with E-state index in [0.29, 0.717) is 0 Å². The molecule has 1 heterocycles. The molecule has 3 aromatic rings. The van der Waals surface area contributed by atoms with Gasteiger partial charge in [0.25, 0.3) is 5.91 Å². The zero-order valence-corrected chi connectivity index (χ0v) is 16.0. The summed E-state index contributed by atoms with van der Waals surface area (Å²) in [6.07, 6.45) is 0. The molecule has 0 aliphatic rings. The lowest BCUT2D eigenvalue weighted by Crippen LogP contribution is -2.39. The van der Waals surface area contributed by atoms with Crippen LogP contribution in [0.15, 0.2) is 66.0 Å². The van der Waals surface area contributed by atoms with Crippen molar-refractivity contribution in [1.29, 1.82) is 0 Å². The summed E-state index contributed by atoms with van der Waals surface area (Å²) in [6.45, 7) is 3.50. The van der Waals surface area contributed by atoms with Crippen LogP contribution in [0, 0.1) is 0 Å². The van der Waals surface area contributed by atoms with E-state index in [1.54, 1.807) is 10.3 Å². The standard InChI is InChI=1S/C21H20N2O3S/c1-15(2)23(17-11-7-4-8-12-17)19(24)13-26-21(25)18-14-27-20(22-18)16-9-5-3-6-10-16/h3-12,14-15H,13H2,1-2H3. The van der Waals surface area contributed by atoms with Gasteiger partial charge in [0.15, 0.2) is 12.3 Å². The number of carbonyl (C=O) groups is 2. The average molecular weight is 380 g/mol. The molecule has 0 saturated carbocycles. The third kappa shape index (κ3) is 4.60. The molecule has 6 heteroatoms. The van der Waals surface area contributed by atoms with Crippen molar-refractivity contribution in [3.63, 3.8) is 0 Å². The molecular weight excluding hydrogens is 360 g/mol. The molecule has 0 aliphatic heterocycles. The summed E-state index contributed by atoms with van der Waals surface area (Å²) in [4.78, 5) is 30.8. The van der Waals surface area contributed by atoms with E-state index in [1.165, 1.54) is 11.3 Å². The largest absolute Gasteiger partial charge is 0.451 e. The minimum absolute atomic E-state index is 0.0532. The Morgan fingerprint density at radius 1 is 1.04 bits per heavy atom. The summed E-state index contributed by atoms with van der Waals surface area (Å²) >= 11 is 1.37. The first kappa shape index (κ1) is 18.8. The number of amides is 1. The summed E-state index contributed by atoms with van der Waals surface area (Å²) in [6, 6.07) is 18.9. The number of aromatic nitrogens is 1. The van der Waals surface area contributed by atoms with Gasteiger partial charge in [-0.25, -0.2) is 9.78 Å². The zero-order valence-electron chi connectivity index (χ0n) is 15.2.